The van der Waals surface area contributed by atoms with Crippen LogP contribution in [0.2, 0.25) is 0 Å². The molecule has 1 amide bonds. The van der Waals surface area contributed by atoms with E-state index in [1.165, 1.54) is 0 Å². The van der Waals surface area contributed by atoms with E-state index in [-0.39, 0.29) is 18.4 Å². The van der Waals surface area contributed by atoms with Gasteiger partial charge in [0.25, 0.3) is 0 Å². The van der Waals surface area contributed by atoms with E-state index in [1.54, 1.807) is 28.0 Å². The highest BCUT2D eigenvalue weighted by Gasteiger charge is 2.24. The molecule has 8 heteroatoms. The van der Waals surface area contributed by atoms with Gasteiger partial charge in [0.15, 0.2) is 0 Å². The van der Waals surface area contributed by atoms with E-state index in [1.807, 2.05) is 0 Å². The Morgan fingerprint density at radius 3 is 2.95 bits per heavy atom. The molecule has 0 aromatic carbocycles. The normalized spacial score (nSPS) is 20.1. The van der Waals surface area contributed by atoms with Gasteiger partial charge in [-0.3, -0.25) is 9.48 Å². The van der Waals surface area contributed by atoms with Crippen molar-refractivity contribution in [3.8, 4) is 0 Å². The molecule has 1 aliphatic rings. The second-order valence-electron chi connectivity index (χ2n) is 5.17. The molecular formula is C12H20N4O3S. The molecule has 7 nitrogen and oxygen atoms in total. The van der Waals surface area contributed by atoms with Gasteiger partial charge in [-0.25, -0.2) is 13.1 Å². The number of hydrogen-bond donors (Lipinski definition) is 1. The van der Waals surface area contributed by atoms with Crippen molar-refractivity contribution in [3.63, 3.8) is 0 Å². The zero-order chi connectivity index (χ0) is 14.6. The lowest BCUT2D eigenvalue weighted by Gasteiger charge is -2.32. The molecule has 112 valence electrons. The summed E-state index contributed by atoms with van der Waals surface area (Å²) in [5, 5.41) is 4.02. The van der Waals surface area contributed by atoms with Gasteiger partial charge in [-0.1, -0.05) is 0 Å². The molecule has 1 fully saturated rings. The Labute approximate surface area is 119 Å². The molecular weight excluding hydrogens is 280 g/mol. The Morgan fingerprint density at radius 2 is 2.30 bits per heavy atom. The third-order valence-electron chi connectivity index (χ3n) is 3.36. The highest BCUT2D eigenvalue weighted by atomic mass is 32.2. The van der Waals surface area contributed by atoms with Gasteiger partial charge < -0.3 is 4.90 Å². The van der Waals surface area contributed by atoms with Crippen LogP contribution in [0, 0.1) is 5.92 Å². The first-order valence-electron chi connectivity index (χ1n) is 6.64. The number of rotatable bonds is 5. The van der Waals surface area contributed by atoms with Crippen molar-refractivity contribution in [3.05, 3.63) is 18.5 Å². The summed E-state index contributed by atoms with van der Waals surface area (Å²) in [6, 6.07) is 1.78. The van der Waals surface area contributed by atoms with Crippen LogP contribution in [0.3, 0.4) is 0 Å². The van der Waals surface area contributed by atoms with Crippen molar-refractivity contribution in [1.29, 1.82) is 0 Å². The SMILES string of the molecule is CS(=O)(=O)NC[C@H]1CCCN(C(=O)Cn2cccn2)C1. The molecule has 20 heavy (non-hydrogen) atoms. The number of carbonyl (C=O) groups excluding carboxylic acids is 1. The Bertz CT molecular complexity index is 541. The lowest BCUT2D eigenvalue weighted by molar-refractivity contribution is -0.133. The molecule has 1 N–H and O–H groups in total. The molecule has 1 aromatic rings. The summed E-state index contributed by atoms with van der Waals surface area (Å²) in [7, 11) is -3.17. The predicted octanol–water partition coefficient (Wildman–Crippen LogP) is -0.329. The number of aromatic nitrogens is 2. The summed E-state index contributed by atoms with van der Waals surface area (Å²) < 4.78 is 26.3. The summed E-state index contributed by atoms with van der Waals surface area (Å²) in [6.45, 7) is 1.96. The number of amides is 1. The molecule has 1 aliphatic heterocycles. The maximum Gasteiger partial charge on any atom is 0.244 e. The van der Waals surface area contributed by atoms with Crippen molar-refractivity contribution in [2.45, 2.75) is 19.4 Å². The van der Waals surface area contributed by atoms with E-state index in [2.05, 4.69) is 9.82 Å². The minimum absolute atomic E-state index is 0.0257. The van der Waals surface area contributed by atoms with Crippen LogP contribution >= 0.6 is 0 Å². The number of hydrogen-bond acceptors (Lipinski definition) is 4. The summed E-state index contributed by atoms with van der Waals surface area (Å²) in [6.07, 6.45) is 6.39. The predicted molar refractivity (Wildman–Crippen MR) is 74.4 cm³/mol. The molecule has 0 unspecified atom stereocenters. The Hall–Kier alpha value is -1.41. The van der Waals surface area contributed by atoms with E-state index >= 15 is 0 Å². The van der Waals surface area contributed by atoms with Crippen LogP contribution in [0.25, 0.3) is 0 Å². The third kappa shape index (κ3) is 4.61. The number of likely N-dealkylation sites (tertiary alicyclic amines) is 1. The highest BCUT2D eigenvalue weighted by Crippen LogP contribution is 2.16. The number of piperidine rings is 1. The lowest BCUT2D eigenvalue weighted by atomic mass is 9.98. The monoisotopic (exact) mass is 300 g/mol. The third-order valence-corrected chi connectivity index (χ3v) is 4.05. The molecule has 1 atom stereocenters. The molecule has 0 bridgehead atoms. The number of nitrogens with one attached hydrogen (secondary N) is 1. The second-order valence-corrected chi connectivity index (χ2v) is 7.01. The fraction of sp³-hybridized carbons (Fsp3) is 0.667. The minimum Gasteiger partial charge on any atom is -0.341 e. The van der Waals surface area contributed by atoms with Crippen LogP contribution < -0.4 is 4.72 Å². The fourth-order valence-corrected chi connectivity index (χ4v) is 2.90. The van der Waals surface area contributed by atoms with E-state index < -0.39 is 10.0 Å². The van der Waals surface area contributed by atoms with Gasteiger partial charge in [-0.05, 0) is 24.8 Å². The van der Waals surface area contributed by atoms with Gasteiger partial charge >= 0.3 is 0 Å². The summed E-state index contributed by atoms with van der Waals surface area (Å²) in [4.78, 5) is 13.9. The van der Waals surface area contributed by atoms with E-state index in [4.69, 9.17) is 0 Å². The second kappa shape index (κ2) is 6.36. The first-order chi connectivity index (χ1) is 9.44. The summed E-state index contributed by atoms with van der Waals surface area (Å²) in [5.74, 6) is 0.206. The number of nitrogens with zero attached hydrogens (tertiary/aromatic N) is 3. The van der Waals surface area contributed by atoms with Crippen LogP contribution in [-0.2, 0) is 21.4 Å². The Kier molecular flexibility index (Phi) is 4.77. The zero-order valence-electron chi connectivity index (χ0n) is 11.5. The van der Waals surface area contributed by atoms with Gasteiger partial charge in [-0.2, -0.15) is 5.10 Å². The maximum atomic E-state index is 12.1. The highest BCUT2D eigenvalue weighted by molar-refractivity contribution is 7.88. The van der Waals surface area contributed by atoms with Crippen molar-refractivity contribution >= 4 is 15.9 Å². The van der Waals surface area contributed by atoms with Crippen LogP contribution in [0.1, 0.15) is 12.8 Å². The molecule has 1 aromatic heterocycles. The first kappa shape index (κ1) is 15.0. The van der Waals surface area contributed by atoms with Gasteiger partial charge in [0.05, 0.1) is 6.26 Å². The summed E-state index contributed by atoms with van der Waals surface area (Å²) >= 11 is 0. The standard InChI is InChI=1S/C12H20N4O3S/c1-20(18,19)14-8-11-4-2-6-15(9-11)12(17)10-16-7-3-5-13-16/h3,5,7,11,14H,2,4,6,8-10H2,1H3/t11-/m1/s1. The van der Waals surface area contributed by atoms with Gasteiger partial charge in [-0.15, -0.1) is 0 Å². The lowest BCUT2D eigenvalue weighted by Crippen LogP contribution is -2.44. The van der Waals surface area contributed by atoms with Crippen molar-refractivity contribution in [2.24, 2.45) is 5.92 Å². The molecule has 2 rings (SSSR count). The molecule has 0 radical (unpaired) electrons. The van der Waals surface area contributed by atoms with E-state index in [0.29, 0.717) is 13.1 Å². The van der Waals surface area contributed by atoms with Crippen molar-refractivity contribution < 1.29 is 13.2 Å². The van der Waals surface area contributed by atoms with Crippen LogP contribution in [0.5, 0.6) is 0 Å². The maximum absolute atomic E-state index is 12.1. The smallest absolute Gasteiger partial charge is 0.244 e. The quantitative estimate of drug-likeness (QED) is 0.807. The van der Waals surface area contributed by atoms with Crippen LogP contribution in [0.15, 0.2) is 18.5 Å². The van der Waals surface area contributed by atoms with Gasteiger partial charge in [0.1, 0.15) is 6.54 Å². The largest absolute Gasteiger partial charge is 0.341 e. The average molecular weight is 300 g/mol. The molecule has 0 aliphatic carbocycles. The minimum atomic E-state index is -3.17. The fourth-order valence-electron chi connectivity index (χ4n) is 2.36. The molecule has 2 heterocycles. The van der Waals surface area contributed by atoms with E-state index in [0.717, 1.165) is 25.6 Å². The molecule has 0 spiro atoms. The van der Waals surface area contributed by atoms with Crippen molar-refractivity contribution in [2.75, 3.05) is 25.9 Å². The zero-order valence-corrected chi connectivity index (χ0v) is 12.3. The summed E-state index contributed by atoms with van der Waals surface area (Å²) in [5.41, 5.74) is 0. The number of carbonyl (C=O) groups is 1. The van der Waals surface area contributed by atoms with Crippen LogP contribution in [0.4, 0.5) is 0 Å². The Morgan fingerprint density at radius 1 is 1.50 bits per heavy atom. The molecule has 1 saturated heterocycles. The number of sulfonamides is 1. The topological polar surface area (TPSA) is 84.3 Å². The average Bonchev–Trinajstić information content (AvgIpc) is 2.89. The molecule has 0 saturated carbocycles. The first-order valence-corrected chi connectivity index (χ1v) is 8.53. The Balaban J connectivity index is 1.85. The van der Waals surface area contributed by atoms with Crippen molar-refractivity contribution in [1.82, 2.24) is 19.4 Å². The van der Waals surface area contributed by atoms with Gasteiger partial charge in [0, 0.05) is 32.0 Å². The van der Waals surface area contributed by atoms with Gasteiger partial charge in [0.2, 0.25) is 15.9 Å². The van der Waals surface area contributed by atoms with Crippen LogP contribution in [-0.4, -0.2) is 54.9 Å². The van der Waals surface area contributed by atoms with E-state index in [9.17, 15) is 13.2 Å².